The number of nitrogens with two attached hydrogens (primary N) is 1. The van der Waals surface area contributed by atoms with Crippen molar-refractivity contribution in [1.82, 2.24) is 5.32 Å². The molecule has 130 valence electrons. The maximum atomic E-state index is 14.2. The van der Waals surface area contributed by atoms with Crippen LogP contribution in [0.5, 0.6) is 0 Å². The molecule has 0 radical (unpaired) electrons. The van der Waals surface area contributed by atoms with Crippen LogP contribution in [0.1, 0.15) is 36.0 Å². The van der Waals surface area contributed by atoms with E-state index in [1.807, 2.05) is 4.90 Å². The fraction of sp³-hybridized carbons (Fsp3) is 0.529. The standard InChI is InChI=1S/C17H21BrFN3O2/c18-12-6-13(19)15(16(20)23)14(7-12)22-5-1-2-11(9-22)17(24)21-8-10-3-4-10/h6-7,10-11H,1-5,8-9H2,(H2,20,23)(H,21,24). The molecule has 1 atom stereocenters. The monoisotopic (exact) mass is 397 g/mol. The fourth-order valence-electron chi connectivity index (χ4n) is 3.17. The highest BCUT2D eigenvalue weighted by atomic mass is 79.9. The van der Waals surface area contributed by atoms with Crippen molar-refractivity contribution in [3.05, 3.63) is 28.0 Å². The molecule has 5 nitrogen and oxygen atoms in total. The zero-order valence-electron chi connectivity index (χ0n) is 13.4. The summed E-state index contributed by atoms with van der Waals surface area (Å²) in [7, 11) is 0. The van der Waals surface area contributed by atoms with Crippen LogP contribution in [0.2, 0.25) is 0 Å². The molecule has 1 aromatic carbocycles. The summed E-state index contributed by atoms with van der Waals surface area (Å²) in [5.74, 6) is -0.917. The number of carbonyl (C=O) groups is 2. The normalized spacial score (nSPS) is 20.8. The highest BCUT2D eigenvalue weighted by Gasteiger charge is 2.30. The number of primary amides is 1. The molecule has 3 N–H and O–H groups in total. The molecule has 7 heteroatoms. The van der Waals surface area contributed by atoms with Gasteiger partial charge >= 0.3 is 0 Å². The zero-order chi connectivity index (χ0) is 17.3. The van der Waals surface area contributed by atoms with Gasteiger partial charge in [0.2, 0.25) is 5.91 Å². The van der Waals surface area contributed by atoms with Crippen LogP contribution in [0, 0.1) is 17.7 Å². The van der Waals surface area contributed by atoms with Crippen LogP contribution in [0.3, 0.4) is 0 Å². The topological polar surface area (TPSA) is 75.4 Å². The molecule has 1 aliphatic heterocycles. The van der Waals surface area contributed by atoms with Crippen LogP contribution < -0.4 is 16.0 Å². The minimum absolute atomic E-state index is 0.0442. The largest absolute Gasteiger partial charge is 0.370 e. The van der Waals surface area contributed by atoms with Crippen LogP contribution in [0.25, 0.3) is 0 Å². The predicted molar refractivity (Wildman–Crippen MR) is 93.3 cm³/mol. The second-order valence-electron chi connectivity index (χ2n) is 6.62. The number of hydrogen-bond acceptors (Lipinski definition) is 3. The number of anilines is 1. The summed E-state index contributed by atoms with van der Waals surface area (Å²) in [5, 5.41) is 3.01. The van der Waals surface area contributed by atoms with Crippen LogP contribution in [-0.4, -0.2) is 31.4 Å². The van der Waals surface area contributed by atoms with E-state index in [0.29, 0.717) is 29.2 Å². The molecule has 1 heterocycles. The van der Waals surface area contributed by atoms with Crippen LogP contribution in [0.15, 0.2) is 16.6 Å². The Kier molecular flexibility index (Phi) is 5.08. The Labute approximate surface area is 148 Å². The molecular weight excluding hydrogens is 377 g/mol. The lowest BCUT2D eigenvalue weighted by atomic mass is 9.95. The summed E-state index contributed by atoms with van der Waals surface area (Å²) < 4.78 is 14.7. The zero-order valence-corrected chi connectivity index (χ0v) is 14.9. The van der Waals surface area contributed by atoms with E-state index in [0.717, 1.165) is 19.4 Å². The molecule has 2 aliphatic rings. The molecule has 0 bridgehead atoms. The van der Waals surface area contributed by atoms with Gasteiger partial charge in [0.05, 0.1) is 17.2 Å². The first-order valence-electron chi connectivity index (χ1n) is 8.27. The molecular formula is C17H21BrFN3O2. The summed E-state index contributed by atoms with van der Waals surface area (Å²) in [6.45, 7) is 1.88. The van der Waals surface area contributed by atoms with E-state index in [9.17, 15) is 14.0 Å². The minimum Gasteiger partial charge on any atom is -0.370 e. The first-order valence-corrected chi connectivity index (χ1v) is 9.06. The van der Waals surface area contributed by atoms with Gasteiger partial charge < -0.3 is 16.0 Å². The Morgan fingerprint density at radius 1 is 1.33 bits per heavy atom. The van der Waals surface area contributed by atoms with Gasteiger partial charge in [0.1, 0.15) is 5.82 Å². The lowest BCUT2D eigenvalue weighted by molar-refractivity contribution is -0.125. The smallest absolute Gasteiger partial charge is 0.253 e. The van der Waals surface area contributed by atoms with E-state index in [-0.39, 0.29) is 17.4 Å². The number of benzene rings is 1. The summed E-state index contributed by atoms with van der Waals surface area (Å²) in [6, 6.07) is 2.92. The second kappa shape index (κ2) is 7.09. The van der Waals surface area contributed by atoms with Gasteiger partial charge in [-0.05, 0) is 43.7 Å². The SMILES string of the molecule is NC(=O)c1c(F)cc(Br)cc1N1CCCC(C(=O)NCC2CC2)C1. The van der Waals surface area contributed by atoms with Gasteiger partial charge in [-0.1, -0.05) is 15.9 Å². The molecule has 1 saturated carbocycles. The first-order chi connectivity index (χ1) is 11.5. The Bertz CT molecular complexity index is 663. The Balaban J connectivity index is 1.76. The Morgan fingerprint density at radius 3 is 2.75 bits per heavy atom. The van der Waals surface area contributed by atoms with Crippen LogP contribution in [-0.2, 0) is 4.79 Å². The van der Waals surface area contributed by atoms with Crippen LogP contribution in [0.4, 0.5) is 10.1 Å². The number of nitrogens with zero attached hydrogens (tertiary/aromatic N) is 1. The highest BCUT2D eigenvalue weighted by Crippen LogP contribution is 2.32. The molecule has 1 unspecified atom stereocenters. The number of amides is 2. The summed E-state index contributed by atoms with van der Waals surface area (Å²) >= 11 is 3.26. The van der Waals surface area contributed by atoms with E-state index in [4.69, 9.17) is 5.73 Å². The number of rotatable bonds is 5. The molecule has 3 rings (SSSR count). The quantitative estimate of drug-likeness (QED) is 0.800. The van der Waals surface area contributed by atoms with Gasteiger partial charge in [0.25, 0.3) is 5.91 Å². The van der Waals surface area contributed by atoms with Gasteiger partial charge in [-0.15, -0.1) is 0 Å². The summed E-state index contributed by atoms with van der Waals surface area (Å²) in [5.41, 5.74) is 5.69. The van der Waals surface area contributed by atoms with Crippen molar-refractivity contribution in [2.75, 3.05) is 24.5 Å². The van der Waals surface area contributed by atoms with Crippen molar-refractivity contribution in [2.45, 2.75) is 25.7 Å². The van der Waals surface area contributed by atoms with Gasteiger partial charge in [-0.3, -0.25) is 9.59 Å². The molecule has 1 saturated heterocycles. The molecule has 0 aromatic heterocycles. The number of halogens is 2. The van der Waals surface area contributed by atoms with E-state index in [1.165, 1.54) is 18.9 Å². The predicted octanol–water partition coefficient (Wildman–Crippen LogP) is 2.43. The fourth-order valence-corrected chi connectivity index (χ4v) is 3.59. The van der Waals surface area contributed by atoms with Crippen molar-refractivity contribution < 1.29 is 14.0 Å². The maximum Gasteiger partial charge on any atom is 0.253 e. The van der Waals surface area contributed by atoms with Crippen molar-refractivity contribution in [2.24, 2.45) is 17.6 Å². The lowest BCUT2D eigenvalue weighted by Gasteiger charge is -2.34. The Morgan fingerprint density at radius 2 is 2.08 bits per heavy atom. The van der Waals surface area contributed by atoms with Gasteiger partial charge in [0, 0.05) is 24.1 Å². The van der Waals surface area contributed by atoms with E-state index >= 15 is 0 Å². The third kappa shape index (κ3) is 3.88. The van der Waals surface area contributed by atoms with E-state index < -0.39 is 11.7 Å². The first kappa shape index (κ1) is 17.2. The number of nitrogens with one attached hydrogen (secondary N) is 1. The van der Waals surface area contributed by atoms with E-state index in [2.05, 4.69) is 21.2 Å². The summed E-state index contributed by atoms with van der Waals surface area (Å²) in [6.07, 6.45) is 4.00. The molecule has 2 amide bonds. The lowest BCUT2D eigenvalue weighted by Crippen LogP contribution is -2.44. The van der Waals surface area contributed by atoms with Gasteiger partial charge in [-0.2, -0.15) is 0 Å². The third-order valence-electron chi connectivity index (χ3n) is 4.68. The molecule has 1 aliphatic carbocycles. The van der Waals surface area contributed by atoms with E-state index in [1.54, 1.807) is 6.07 Å². The summed E-state index contributed by atoms with van der Waals surface area (Å²) in [4.78, 5) is 25.9. The molecule has 1 aromatic rings. The maximum absolute atomic E-state index is 14.2. The van der Waals surface area contributed by atoms with Crippen molar-refractivity contribution in [3.63, 3.8) is 0 Å². The number of hydrogen-bond donors (Lipinski definition) is 2. The van der Waals surface area contributed by atoms with Crippen LogP contribution >= 0.6 is 15.9 Å². The number of carbonyl (C=O) groups excluding carboxylic acids is 2. The molecule has 0 spiro atoms. The van der Waals surface area contributed by atoms with Gasteiger partial charge in [-0.25, -0.2) is 4.39 Å². The van der Waals surface area contributed by atoms with Crippen molar-refractivity contribution in [3.8, 4) is 0 Å². The minimum atomic E-state index is -0.796. The average molecular weight is 398 g/mol. The molecule has 24 heavy (non-hydrogen) atoms. The van der Waals surface area contributed by atoms with Crippen molar-refractivity contribution >= 4 is 33.4 Å². The second-order valence-corrected chi connectivity index (χ2v) is 7.54. The highest BCUT2D eigenvalue weighted by molar-refractivity contribution is 9.10. The third-order valence-corrected chi connectivity index (χ3v) is 5.13. The Hall–Kier alpha value is -1.63. The van der Waals surface area contributed by atoms with Crippen molar-refractivity contribution in [1.29, 1.82) is 0 Å². The number of piperidine rings is 1. The van der Waals surface area contributed by atoms with Gasteiger partial charge in [0.15, 0.2) is 0 Å². The molecule has 2 fully saturated rings. The average Bonchev–Trinajstić information content (AvgIpc) is 3.35.